The van der Waals surface area contributed by atoms with Gasteiger partial charge < -0.3 is 14.6 Å². The molecule has 2 rings (SSSR count). The molecule has 2 atom stereocenters. The van der Waals surface area contributed by atoms with Crippen molar-refractivity contribution in [3.05, 3.63) is 0 Å². The van der Waals surface area contributed by atoms with Crippen LogP contribution in [0.4, 0.5) is 0 Å². The van der Waals surface area contributed by atoms with Gasteiger partial charge in [0.05, 0.1) is 12.7 Å². The Hall–Kier alpha value is -0.120. The molecule has 1 heterocycles. The highest BCUT2D eigenvalue weighted by molar-refractivity contribution is 4.85. The van der Waals surface area contributed by atoms with Crippen LogP contribution in [0, 0.1) is 5.92 Å². The highest BCUT2D eigenvalue weighted by atomic mass is 16.7. The average molecular weight is 369 g/mol. The number of aliphatic hydroxyl groups excluding tert-OH is 1. The molecule has 0 aromatic carbocycles. The maximum atomic E-state index is 10.4. The molecular formula is C23H44O3. The van der Waals surface area contributed by atoms with Gasteiger partial charge in [-0.2, -0.15) is 0 Å². The molecule has 1 aliphatic heterocycles. The first kappa shape index (κ1) is 22.2. The second kappa shape index (κ2) is 12.4. The maximum Gasteiger partial charge on any atom is 0.169 e. The van der Waals surface area contributed by atoms with Crippen LogP contribution in [0.25, 0.3) is 0 Å². The van der Waals surface area contributed by atoms with Crippen LogP contribution in [0.3, 0.4) is 0 Å². The van der Waals surface area contributed by atoms with E-state index in [4.69, 9.17) is 9.47 Å². The van der Waals surface area contributed by atoms with Gasteiger partial charge in [0.25, 0.3) is 0 Å². The van der Waals surface area contributed by atoms with Gasteiger partial charge in [0.1, 0.15) is 6.10 Å². The summed E-state index contributed by atoms with van der Waals surface area (Å²) in [4.78, 5) is 0. The second-order valence-electron chi connectivity index (χ2n) is 9.16. The van der Waals surface area contributed by atoms with Gasteiger partial charge >= 0.3 is 0 Å². The fraction of sp³-hybridized carbons (Fsp3) is 1.00. The van der Waals surface area contributed by atoms with Crippen LogP contribution in [-0.4, -0.2) is 29.7 Å². The molecule has 0 aromatic rings. The Balaban J connectivity index is 1.40. The Bertz CT molecular complexity index is 349. The number of rotatable bonds is 13. The van der Waals surface area contributed by atoms with E-state index >= 15 is 0 Å². The summed E-state index contributed by atoms with van der Waals surface area (Å²) in [5.41, 5.74) is 0. The van der Waals surface area contributed by atoms with Crippen molar-refractivity contribution in [3.63, 3.8) is 0 Å². The van der Waals surface area contributed by atoms with E-state index in [0.29, 0.717) is 6.61 Å². The van der Waals surface area contributed by atoms with E-state index < -0.39 is 0 Å². The van der Waals surface area contributed by atoms with Gasteiger partial charge in [-0.3, -0.25) is 0 Å². The number of hydrogen-bond acceptors (Lipinski definition) is 3. The van der Waals surface area contributed by atoms with E-state index in [0.717, 1.165) is 31.6 Å². The third kappa shape index (κ3) is 8.27. The van der Waals surface area contributed by atoms with Crippen LogP contribution in [0.1, 0.15) is 117 Å². The van der Waals surface area contributed by atoms with E-state index in [1.165, 1.54) is 77.0 Å². The number of aliphatic hydroxyl groups is 1. The molecule has 154 valence electrons. The Morgan fingerprint density at radius 1 is 0.808 bits per heavy atom. The van der Waals surface area contributed by atoms with E-state index in [9.17, 15) is 5.11 Å². The number of ether oxygens (including phenoxy) is 2. The monoisotopic (exact) mass is 368 g/mol. The Labute approximate surface area is 162 Å². The molecule has 26 heavy (non-hydrogen) atoms. The van der Waals surface area contributed by atoms with Crippen molar-refractivity contribution in [2.24, 2.45) is 5.92 Å². The molecule has 0 radical (unpaired) electrons. The molecule has 1 spiro atoms. The summed E-state index contributed by atoms with van der Waals surface area (Å²) in [6, 6.07) is 0. The zero-order valence-electron chi connectivity index (χ0n) is 17.5. The second-order valence-corrected chi connectivity index (χ2v) is 9.16. The first-order valence-corrected chi connectivity index (χ1v) is 11.6. The first-order chi connectivity index (χ1) is 12.6. The standard InChI is InChI=1S/C23H44O3/c1-20(2)15-11-8-6-4-3-5-7-9-12-16-21(24)22-19-25-23(26-22)17-13-10-14-18-23/h20-22,24H,3-19H2,1-2H3/t21-,22-/m1/s1. The topological polar surface area (TPSA) is 38.7 Å². The fourth-order valence-electron chi connectivity index (χ4n) is 4.45. The molecule has 0 amide bonds. The zero-order valence-corrected chi connectivity index (χ0v) is 17.5. The van der Waals surface area contributed by atoms with Gasteiger partial charge in [-0.1, -0.05) is 84.5 Å². The van der Waals surface area contributed by atoms with E-state index in [1.54, 1.807) is 0 Å². The molecule has 1 N–H and O–H groups in total. The summed E-state index contributed by atoms with van der Waals surface area (Å²) in [5, 5.41) is 10.4. The average Bonchev–Trinajstić information content (AvgIpc) is 3.03. The molecule has 2 aliphatic rings. The van der Waals surface area contributed by atoms with Crippen LogP contribution >= 0.6 is 0 Å². The third-order valence-electron chi connectivity index (χ3n) is 6.20. The highest BCUT2D eigenvalue weighted by Crippen LogP contribution is 2.38. The molecule has 1 saturated carbocycles. The van der Waals surface area contributed by atoms with E-state index in [2.05, 4.69) is 13.8 Å². The summed E-state index contributed by atoms with van der Waals surface area (Å²) in [6.07, 6.45) is 19.5. The Morgan fingerprint density at radius 3 is 1.92 bits per heavy atom. The predicted octanol–water partition coefficient (Wildman–Crippen LogP) is 6.37. The first-order valence-electron chi connectivity index (χ1n) is 11.6. The van der Waals surface area contributed by atoms with Crippen LogP contribution in [0.2, 0.25) is 0 Å². The number of unbranched alkanes of at least 4 members (excludes halogenated alkanes) is 8. The Kier molecular flexibility index (Phi) is 10.5. The van der Waals surface area contributed by atoms with Gasteiger partial charge in [0.2, 0.25) is 0 Å². The molecular weight excluding hydrogens is 324 g/mol. The van der Waals surface area contributed by atoms with E-state index in [1.807, 2.05) is 0 Å². The van der Waals surface area contributed by atoms with Crippen LogP contribution < -0.4 is 0 Å². The molecule has 0 bridgehead atoms. The summed E-state index contributed by atoms with van der Waals surface area (Å²) >= 11 is 0. The van der Waals surface area contributed by atoms with Crippen molar-refractivity contribution in [3.8, 4) is 0 Å². The maximum absolute atomic E-state index is 10.4. The van der Waals surface area contributed by atoms with E-state index in [-0.39, 0.29) is 18.0 Å². The van der Waals surface area contributed by atoms with Crippen molar-refractivity contribution in [2.45, 2.75) is 135 Å². The molecule has 3 heteroatoms. The minimum Gasteiger partial charge on any atom is -0.390 e. The minimum atomic E-state index is -0.350. The minimum absolute atomic E-state index is 0.0982. The van der Waals surface area contributed by atoms with Crippen LogP contribution in [0.5, 0.6) is 0 Å². The lowest BCUT2D eigenvalue weighted by Crippen LogP contribution is -2.36. The zero-order chi connectivity index (χ0) is 18.7. The third-order valence-corrected chi connectivity index (χ3v) is 6.20. The molecule has 3 nitrogen and oxygen atoms in total. The van der Waals surface area contributed by atoms with Gasteiger partial charge in [0.15, 0.2) is 5.79 Å². The lowest BCUT2D eigenvalue weighted by Gasteiger charge is -2.32. The summed E-state index contributed by atoms with van der Waals surface area (Å²) < 4.78 is 12.1. The summed E-state index contributed by atoms with van der Waals surface area (Å²) in [5.74, 6) is 0.513. The quantitative estimate of drug-likeness (QED) is 0.384. The molecule has 0 aromatic heterocycles. The van der Waals surface area contributed by atoms with Crippen molar-refractivity contribution in [1.82, 2.24) is 0 Å². The van der Waals surface area contributed by atoms with Gasteiger partial charge in [-0.05, 0) is 25.2 Å². The summed E-state index contributed by atoms with van der Waals surface area (Å²) in [6.45, 7) is 5.21. The normalized spacial score (nSPS) is 23.8. The smallest absolute Gasteiger partial charge is 0.169 e. The van der Waals surface area contributed by atoms with Crippen LogP contribution in [-0.2, 0) is 9.47 Å². The lowest BCUT2D eigenvalue weighted by molar-refractivity contribution is -0.195. The predicted molar refractivity (Wildman–Crippen MR) is 108 cm³/mol. The van der Waals surface area contributed by atoms with Gasteiger partial charge in [-0.15, -0.1) is 0 Å². The molecule has 1 aliphatic carbocycles. The lowest BCUT2D eigenvalue weighted by atomic mass is 9.94. The SMILES string of the molecule is CC(C)CCCCCCCCCCC[C@@H](O)[C@H]1COC2(CCCCC2)O1. The van der Waals surface area contributed by atoms with Crippen LogP contribution in [0.15, 0.2) is 0 Å². The largest absolute Gasteiger partial charge is 0.390 e. The van der Waals surface area contributed by atoms with Gasteiger partial charge in [0, 0.05) is 12.8 Å². The van der Waals surface area contributed by atoms with Crippen molar-refractivity contribution < 1.29 is 14.6 Å². The summed E-state index contributed by atoms with van der Waals surface area (Å²) in [7, 11) is 0. The highest BCUT2D eigenvalue weighted by Gasteiger charge is 2.44. The van der Waals surface area contributed by atoms with Crippen molar-refractivity contribution >= 4 is 0 Å². The molecule has 2 fully saturated rings. The molecule has 1 saturated heterocycles. The number of hydrogen-bond donors (Lipinski definition) is 1. The van der Waals surface area contributed by atoms with Crippen molar-refractivity contribution in [2.75, 3.05) is 6.61 Å². The van der Waals surface area contributed by atoms with Gasteiger partial charge in [-0.25, -0.2) is 0 Å². The van der Waals surface area contributed by atoms with Crippen molar-refractivity contribution in [1.29, 1.82) is 0 Å². The fourth-order valence-corrected chi connectivity index (χ4v) is 4.45. The molecule has 0 unspecified atom stereocenters. The Morgan fingerprint density at radius 2 is 1.35 bits per heavy atom.